The van der Waals surface area contributed by atoms with E-state index in [0.29, 0.717) is 18.2 Å². The Kier molecular flexibility index (Phi) is 5.43. The average Bonchev–Trinajstić information content (AvgIpc) is 3.09. The molecule has 5 heteroatoms. The highest BCUT2D eigenvalue weighted by atomic mass is 16.5. The molecule has 0 spiro atoms. The highest BCUT2D eigenvalue weighted by Gasteiger charge is 2.26. The van der Waals surface area contributed by atoms with Crippen LogP contribution in [-0.2, 0) is 13.0 Å². The average molecular weight is 340 g/mol. The first-order valence-electron chi connectivity index (χ1n) is 8.58. The van der Waals surface area contributed by atoms with E-state index < -0.39 is 0 Å². The quantitative estimate of drug-likeness (QED) is 0.879. The number of phenols is 1. The van der Waals surface area contributed by atoms with Gasteiger partial charge in [0.05, 0.1) is 7.11 Å². The van der Waals surface area contributed by atoms with Gasteiger partial charge in [0.25, 0.3) is 0 Å². The molecule has 1 heterocycles. The number of aromatic hydroxyl groups is 1. The Bertz CT molecular complexity index is 718. The second-order valence-electron chi connectivity index (χ2n) is 6.46. The Hall–Kier alpha value is -2.69. The molecule has 0 bridgehead atoms. The minimum Gasteiger partial charge on any atom is -0.504 e. The number of ether oxygens (including phenoxy) is 1. The molecule has 1 atom stereocenters. The second kappa shape index (κ2) is 7.92. The summed E-state index contributed by atoms with van der Waals surface area (Å²) in [6.07, 6.45) is 2.04. The third-order valence-corrected chi connectivity index (χ3v) is 4.63. The topological polar surface area (TPSA) is 61.8 Å². The summed E-state index contributed by atoms with van der Waals surface area (Å²) in [5.41, 5.74) is 2.16. The maximum atomic E-state index is 12.4. The van der Waals surface area contributed by atoms with Gasteiger partial charge in [0.1, 0.15) is 0 Å². The summed E-state index contributed by atoms with van der Waals surface area (Å²) in [7, 11) is 1.51. The molecule has 0 aromatic heterocycles. The second-order valence-corrected chi connectivity index (χ2v) is 6.46. The number of likely N-dealkylation sites (tertiary alicyclic amines) is 1. The Morgan fingerprint density at radius 2 is 2.04 bits per heavy atom. The number of methoxy groups -OCH3 is 1. The van der Waals surface area contributed by atoms with Crippen molar-refractivity contribution in [2.45, 2.75) is 19.4 Å². The van der Waals surface area contributed by atoms with Gasteiger partial charge in [-0.05, 0) is 42.0 Å². The maximum Gasteiger partial charge on any atom is 0.317 e. The number of benzene rings is 2. The predicted octanol–water partition coefficient (Wildman–Crippen LogP) is 3.18. The van der Waals surface area contributed by atoms with E-state index in [2.05, 4.69) is 29.6 Å². The van der Waals surface area contributed by atoms with Crippen LogP contribution >= 0.6 is 0 Å². The van der Waals surface area contributed by atoms with Gasteiger partial charge in [-0.1, -0.05) is 36.4 Å². The summed E-state index contributed by atoms with van der Waals surface area (Å²) >= 11 is 0. The highest BCUT2D eigenvalue weighted by molar-refractivity contribution is 5.74. The number of nitrogens with one attached hydrogen (secondary N) is 1. The van der Waals surface area contributed by atoms with Crippen LogP contribution in [0.15, 0.2) is 48.5 Å². The number of phenolic OH excluding ortho intramolecular Hbond substituents is 1. The van der Waals surface area contributed by atoms with Crippen LogP contribution in [0.3, 0.4) is 0 Å². The summed E-state index contributed by atoms with van der Waals surface area (Å²) < 4.78 is 5.02. The summed E-state index contributed by atoms with van der Waals surface area (Å²) in [5, 5.41) is 12.7. The SMILES string of the molecule is COc1ccc(CNC(=O)N2CCC(Cc3ccccc3)C2)cc1O. The van der Waals surface area contributed by atoms with E-state index in [1.807, 2.05) is 17.0 Å². The zero-order valence-corrected chi connectivity index (χ0v) is 14.4. The molecule has 1 fully saturated rings. The van der Waals surface area contributed by atoms with Crippen LogP contribution in [-0.4, -0.2) is 36.2 Å². The summed E-state index contributed by atoms with van der Waals surface area (Å²) in [5.74, 6) is 1.02. The van der Waals surface area contributed by atoms with Crippen molar-refractivity contribution in [1.82, 2.24) is 10.2 Å². The van der Waals surface area contributed by atoms with Gasteiger partial charge < -0.3 is 20.1 Å². The molecule has 1 saturated heterocycles. The van der Waals surface area contributed by atoms with Gasteiger partial charge in [-0.15, -0.1) is 0 Å². The van der Waals surface area contributed by atoms with E-state index in [1.54, 1.807) is 12.1 Å². The fraction of sp³-hybridized carbons (Fsp3) is 0.350. The molecule has 2 aromatic carbocycles. The van der Waals surface area contributed by atoms with Gasteiger partial charge in [0.15, 0.2) is 11.5 Å². The Morgan fingerprint density at radius 1 is 1.24 bits per heavy atom. The molecule has 2 aromatic rings. The molecule has 5 nitrogen and oxygen atoms in total. The molecule has 1 aliphatic heterocycles. The first kappa shape index (κ1) is 17.1. The van der Waals surface area contributed by atoms with E-state index in [-0.39, 0.29) is 11.8 Å². The van der Waals surface area contributed by atoms with Crippen LogP contribution in [0.5, 0.6) is 11.5 Å². The normalized spacial score (nSPS) is 16.7. The Labute approximate surface area is 148 Å². The first-order chi connectivity index (χ1) is 12.2. The van der Waals surface area contributed by atoms with E-state index in [1.165, 1.54) is 12.7 Å². The Balaban J connectivity index is 1.48. The molecule has 2 N–H and O–H groups in total. The number of urea groups is 1. The molecule has 0 saturated carbocycles. The number of nitrogens with zero attached hydrogens (tertiary/aromatic N) is 1. The lowest BCUT2D eigenvalue weighted by Gasteiger charge is -2.18. The van der Waals surface area contributed by atoms with Crippen LogP contribution < -0.4 is 10.1 Å². The molecule has 1 unspecified atom stereocenters. The zero-order chi connectivity index (χ0) is 17.6. The Morgan fingerprint density at radius 3 is 2.76 bits per heavy atom. The minimum atomic E-state index is -0.0501. The van der Waals surface area contributed by atoms with E-state index >= 15 is 0 Å². The van der Waals surface area contributed by atoms with Crippen LogP contribution in [0, 0.1) is 5.92 Å². The van der Waals surface area contributed by atoms with Gasteiger partial charge in [-0.2, -0.15) is 0 Å². The molecule has 25 heavy (non-hydrogen) atoms. The third kappa shape index (κ3) is 4.44. The van der Waals surface area contributed by atoms with Crippen molar-refractivity contribution in [2.75, 3.05) is 20.2 Å². The predicted molar refractivity (Wildman–Crippen MR) is 96.7 cm³/mol. The van der Waals surface area contributed by atoms with Gasteiger partial charge >= 0.3 is 6.03 Å². The van der Waals surface area contributed by atoms with E-state index in [9.17, 15) is 9.90 Å². The van der Waals surface area contributed by atoms with Crippen molar-refractivity contribution >= 4 is 6.03 Å². The van der Waals surface area contributed by atoms with Crippen molar-refractivity contribution in [2.24, 2.45) is 5.92 Å². The van der Waals surface area contributed by atoms with Crippen LogP contribution in [0.2, 0.25) is 0 Å². The standard InChI is InChI=1S/C20H24N2O3/c1-25-19-8-7-16(12-18(19)23)13-21-20(24)22-10-9-17(14-22)11-15-5-3-2-4-6-15/h2-8,12,17,23H,9-11,13-14H2,1H3,(H,21,24). The number of carbonyl (C=O) groups excluding carboxylic acids is 1. The lowest BCUT2D eigenvalue weighted by Crippen LogP contribution is -2.38. The van der Waals surface area contributed by atoms with Crippen molar-refractivity contribution in [3.63, 3.8) is 0 Å². The fourth-order valence-electron chi connectivity index (χ4n) is 3.27. The molecular weight excluding hydrogens is 316 g/mol. The van der Waals surface area contributed by atoms with Crippen LogP contribution in [0.4, 0.5) is 4.79 Å². The molecule has 3 rings (SSSR count). The lowest BCUT2D eigenvalue weighted by atomic mass is 9.99. The fourth-order valence-corrected chi connectivity index (χ4v) is 3.27. The number of rotatable bonds is 5. The summed E-state index contributed by atoms with van der Waals surface area (Å²) in [6.45, 7) is 1.96. The van der Waals surface area contributed by atoms with Gasteiger partial charge in [-0.3, -0.25) is 0 Å². The van der Waals surface area contributed by atoms with Gasteiger partial charge in [0.2, 0.25) is 0 Å². The van der Waals surface area contributed by atoms with Crippen LogP contribution in [0.1, 0.15) is 17.5 Å². The maximum absolute atomic E-state index is 12.4. The molecule has 2 amide bonds. The van der Waals surface area contributed by atoms with Gasteiger partial charge in [0, 0.05) is 19.6 Å². The molecule has 1 aliphatic rings. The minimum absolute atomic E-state index is 0.0501. The van der Waals surface area contributed by atoms with E-state index in [4.69, 9.17) is 4.74 Å². The van der Waals surface area contributed by atoms with Gasteiger partial charge in [-0.25, -0.2) is 4.79 Å². The zero-order valence-electron chi connectivity index (χ0n) is 14.4. The molecule has 0 radical (unpaired) electrons. The highest BCUT2D eigenvalue weighted by Crippen LogP contribution is 2.26. The third-order valence-electron chi connectivity index (χ3n) is 4.63. The number of hydrogen-bond acceptors (Lipinski definition) is 3. The lowest BCUT2D eigenvalue weighted by molar-refractivity contribution is 0.206. The molecular formula is C20H24N2O3. The molecule has 132 valence electrons. The van der Waals surface area contributed by atoms with Crippen molar-refractivity contribution in [1.29, 1.82) is 0 Å². The smallest absolute Gasteiger partial charge is 0.317 e. The van der Waals surface area contributed by atoms with Crippen molar-refractivity contribution in [3.8, 4) is 11.5 Å². The molecule has 0 aliphatic carbocycles. The summed E-state index contributed by atoms with van der Waals surface area (Å²) in [6, 6.07) is 15.5. The number of hydrogen-bond donors (Lipinski definition) is 2. The number of carbonyl (C=O) groups is 1. The largest absolute Gasteiger partial charge is 0.504 e. The van der Waals surface area contributed by atoms with E-state index in [0.717, 1.165) is 31.5 Å². The van der Waals surface area contributed by atoms with Crippen molar-refractivity contribution in [3.05, 3.63) is 59.7 Å². The van der Waals surface area contributed by atoms with Crippen molar-refractivity contribution < 1.29 is 14.6 Å². The summed E-state index contributed by atoms with van der Waals surface area (Å²) in [4.78, 5) is 14.2. The first-order valence-corrected chi connectivity index (χ1v) is 8.58. The van der Waals surface area contributed by atoms with Crippen LogP contribution in [0.25, 0.3) is 0 Å². The number of amides is 2. The monoisotopic (exact) mass is 340 g/mol.